The number of methoxy groups -OCH3 is 1. The van der Waals surface area contributed by atoms with Gasteiger partial charge < -0.3 is 30.5 Å². The molecule has 12 nitrogen and oxygen atoms in total. The van der Waals surface area contributed by atoms with E-state index in [0.29, 0.717) is 5.88 Å². The van der Waals surface area contributed by atoms with Gasteiger partial charge in [0, 0.05) is 44.0 Å². The largest absolute Gasteiger partial charge is 0.481 e. The highest BCUT2D eigenvalue weighted by molar-refractivity contribution is 6.27. The van der Waals surface area contributed by atoms with E-state index in [-0.39, 0.29) is 0 Å². The van der Waals surface area contributed by atoms with Crippen molar-refractivity contribution in [2.75, 3.05) is 20.2 Å². The van der Waals surface area contributed by atoms with E-state index in [1.807, 2.05) is 12.3 Å². The lowest BCUT2D eigenvalue weighted by atomic mass is 9.88. The third-order valence-corrected chi connectivity index (χ3v) is 3.98. The van der Waals surface area contributed by atoms with E-state index in [1.165, 1.54) is 12.0 Å². The zero-order valence-electron chi connectivity index (χ0n) is 14.9. The number of nitrogens with one attached hydrogen (secondary N) is 1. The lowest BCUT2D eigenvalue weighted by molar-refractivity contribution is -0.159. The number of piperazine rings is 1. The number of nitrogens with zero attached hydrogens (tertiary/aromatic N) is 2. The SMILES string of the molecule is COc1ccc(CN2C3CNCC2C3)cn1.O=C(O)C(=O)O.O=C(O)C(=O)O. The predicted octanol–water partition coefficient (Wildman–Crippen LogP) is -1.05. The summed E-state index contributed by atoms with van der Waals surface area (Å²) in [6.07, 6.45) is 3.27. The molecule has 3 rings (SSSR count). The van der Waals surface area contributed by atoms with Crippen LogP contribution in [0, 0.1) is 0 Å². The summed E-state index contributed by atoms with van der Waals surface area (Å²) in [5.41, 5.74) is 1.28. The molecule has 2 aliphatic heterocycles. The number of pyridine rings is 1. The summed E-state index contributed by atoms with van der Waals surface area (Å²) in [6.45, 7) is 3.30. The van der Waals surface area contributed by atoms with Crippen molar-refractivity contribution in [1.82, 2.24) is 15.2 Å². The third-order valence-electron chi connectivity index (χ3n) is 3.98. The minimum Gasteiger partial charge on any atom is -0.481 e. The number of rotatable bonds is 3. The summed E-state index contributed by atoms with van der Waals surface area (Å²) >= 11 is 0. The molecule has 3 heterocycles. The Kier molecular flexibility index (Phi) is 8.78. The minimum atomic E-state index is -1.82. The second kappa shape index (κ2) is 10.8. The number of hydrogen-bond donors (Lipinski definition) is 5. The van der Waals surface area contributed by atoms with Crippen molar-refractivity contribution < 1.29 is 44.3 Å². The van der Waals surface area contributed by atoms with Gasteiger partial charge in [0.05, 0.1) is 7.11 Å². The van der Waals surface area contributed by atoms with E-state index >= 15 is 0 Å². The van der Waals surface area contributed by atoms with Gasteiger partial charge in [0.1, 0.15) is 0 Å². The van der Waals surface area contributed by atoms with Gasteiger partial charge in [-0.25, -0.2) is 24.2 Å². The van der Waals surface area contributed by atoms with Crippen molar-refractivity contribution in [3.8, 4) is 5.88 Å². The van der Waals surface area contributed by atoms with Crippen LogP contribution in [-0.2, 0) is 25.7 Å². The molecule has 1 aromatic heterocycles. The smallest absolute Gasteiger partial charge is 0.414 e. The fourth-order valence-electron chi connectivity index (χ4n) is 2.66. The fraction of sp³-hybridized carbons (Fsp3) is 0.438. The molecule has 2 aliphatic rings. The van der Waals surface area contributed by atoms with E-state index in [9.17, 15) is 0 Å². The van der Waals surface area contributed by atoms with E-state index in [0.717, 1.165) is 31.7 Å². The van der Waals surface area contributed by atoms with Crippen LogP contribution in [0.1, 0.15) is 12.0 Å². The van der Waals surface area contributed by atoms with Crippen molar-refractivity contribution in [1.29, 1.82) is 0 Å². The van der Waals surface area contributed by atoms with Crippen LogP contribution in [0.2, 0.25) is 0 Å². The number of aliphatic carboxylic acids is 4. The van der Waals surface area contributed by atoms with Gasteiger partial charge in [-0.2, -0.15) is 0 Å². The van der Waals surface area contributed by atoms with Crippen molar-refractivity contribution in [3.63, 3.8) is 0 Å². The van der Waals surface area contributed by atoms with Gasteiger partial charge in [0.25, 0.3) is 0 Å². The average Bonchev–Trinajstić information content (AvgIpc) is 2.67. The Balaban J connectivity index is 0.000000274. The van der Waals surface area contributed by atoms with Gasteiger partial charge in [-0.3, -0.25) is 4.90 Å². The van der Waals surface area contributed by atoms with Crippen LogP contribution in [0.15, 0.2) is 18.3 Å². The first-order valence-electron chi connectivity index (χ1n) is 8.03. The minimum absolute atomic E-state index is 0.689. The number of carboxylic acid groups (broad SMARTS) is 4. The molecule has 28 heavy (non-hydrogen) atoms. The van der Waals surface area contributed by atoms with E-state index in [2.05, 4.69) is 21.3 Å². The van der Waals surface area contributed by atoms with Crippen LogP contribution in [0.25, 0.3) is 0 Å². The van der Waals surface area contributed by atoms with Crippen molar-refractivity contribution in [2.45, 2.75) is 25.0 Å². The second-order valence-electron chi connectivity index (χ2n) is 5.80. The first-order valence-corrected chi connectivity index (χ1v) is 8.03. The highest BCUT2D eigenvalue weighted by atomic mass is 16.5. The molecule has 2 saturated heterocycles. The van der Waals surface area contributed by atoms with E-state index in [4.69, 9.17) is 44.3 Å². The molecule has 0 saturated carbocycles. The van der Waals surface area contributed by atoms with Gasteiger partial charge >= 0.3 is 23.9 Å². The van der Waals surface area contributed by atoms with Gasteiger partial charge in [0.15, 0.2) is 0 Å². The molecule has 2 unspecified atom stereocenters. The monoisotopic (exact) mass is 399 g/mol. The number of piperidine rings is 1. The molecular formula is C16H21N3O9. The Morgan fingerprint density at radius 3 is 1.86 bits per heavy atom. The molecule has 154 valence electrons. The van der Waals surface area contributed by atoms with Gasteiger partial charge in [-0.05, 0) is 12.0 Å². The van der Waals surface area contributed by atoms with Crippen LogP contribution >= 0.6 is 0 Å². The highest BCUT2D eigenvalue weighted by Crippen LogP contribution is 2.30. The normalized spacial score (nSPS) is 19.5. The molecule has 2 atom stereocenters. The molecule has 2 fully saturated rings. The first kappa shape index (κ1) is 22.8. The maximum Gasteiger partial charge on any atom is 0.414 e. The number of hydrogen-bond acceptors (Lipinski definition) is 8. The maximum absolute atomic E-state index is 9.10. The summed E-state index contributed by atoms with van der Waals surface area (Å²) in [5.74, 6) is -6.61. The summed E-state index contributed by atoms with van der Waals surface area (Å²) in [4.78, 5) is 43.2. The lowest BCUT2D eigenvalue weighted by Crippen LogP contribution is -2.67. The summed E-state index contributed by atoms with van der Waals surface area (Å²) in [7, 11) is 1.65. The standard InChI is InChI=1S/C12H17N3O.2C2H2O4/c1-16-12-3-2-9(5-14-12)8-15-10-4-11(15)7-13-6-10;2*3-1(4)2(5)6/h2-3,5,10-11,13H,4,6-8H2,1H3;2*(H,3,4)(H,5,6). The molecule has 0 spiro atoms. The lowest BCUT2D eigenvalue weighted by Gasteiger charge is -2.53. The first-order chi connectivity index (χ1) is 13.1. The molecular weight excluding hydrogens is 378 g/mol. The quantitative estimate of drug-likeness (QED) is 0.389. The van der Waals surface area contributed by atoms with E-state index < -0.39 is 23.9 Å². The third kappa shape index (κ3) is 7.17. The number of ether oxygens (including phenoxy) is 1. The molecule has 0 aliphatic carbocycles. The van der Waals surface area contributed by atoms with Crippen molar-refractivity contribution in [3.05, 3.63) is 23.9 Å². The number of fused-ring (bicyclic) bond motifs is 2. The Morgan fingerprint density at radius 1 is 1.04 bits per heavy atom. The molecule has 2 bridgehead atoms. The van der Waals surface area contributed by atoms with Crippen LogP contribution in [0.3, 0.4) is 0 Å². The molecule has 12 heteroatoms. The van der Waals surface area contributed by atoms with Crippen LogP contribution in [0.4, 0.5) is 0 Å². The summed E-state index contributed by atoms with van der Waals surface area (Å²) < 4.78 is 5.05. The van der Waals surface area contributed by atoms with Gasteiger partial charge in [-0.1, -0.05) is 6.07 Å². The average molecular weight is 399 g/mol. The topological polar surface area (TPSA) is 187 Å². The molecule has 1 aromatic rings. The zero-order chi connectivity index (χ0) is 21.3. The number of carboxylic acids is 4. The second-order valence-corrected chi connectivity index (χ2v) is 5.80. The Hall–Kier alpha value is -3.25. The van der Waals surface area contributed by atoms with Crippen LogP contribution < -0.4 is 10.1 Å². The highest BCUT2D eigenvalue weighted by Gasteiger charge is 2.40. The molecule has 5 N–H and O–H groups in total. The maximum atomic E-state index is 9.10. The Morgan fingerprint density at radius 2 is 1.54 bits per heavy atom. The van der Waals surface area contributed by atoms with Crippen molar-refractivity contribution >= 4 is 23.9 Å². The molecule has 0 radical (unpaired) electrons. The molecule has 0 amide bonds. The summed E-state index contributed by atoms with van der Waals surface area (Å²) in [5, 5.41) is 33.0. The number of aromatic nitrogens is 1. The Labute approximate surface area is 159 Å². The fourth-order valence-corrected chi connectivity index (χ4v) is 2.66. The van der Waals surface area contributed by atoms with Crippen LogP contribution in [-0.4, -0.2) is 86.5 Å². The van der Waals surface area contributed by atoms with Crippen LogP contribution in [0.5, 0.6) is 5.88 Å². The zero-order valence-corrected chi connectivity index (χ0v) is 14.9. The van der Waals surface area contributed by atoms with Gasteiger partial charge in [0.2, 0.25) is 5.88 Å². The van der Waals surface area contributed by atoms with Gasteiger partial charge in [-0.15, -0.1) is 0 Å². The predicted molar refractivity (Wildman–Crippen MR) is 91.9 cm³/mol. The van der Waals surface area contributed by atoms with Crippen molar-refractivity contribution in [2.24, 2.45) is 0 Å². The Bertz CT molecular complexity index is 646. The number of carbonyl (C=O) groups is 4. The van der Waals surface area contributed by atoms with E-state index in [1.54, 1.807) is 7.11 Å². The molecule has 0 aromatic carbocycles. The summed E-state index contributed by atoms with van der Waals surface area (Å²) in [6, 6.07) is 5.51.